The number of rotatable bonds is 7. The largest absolute Gasteiger partial charge is 0.476 e. The van der Waals surface area contributed by atoms with Crippen LogP contribution in [0.5, 0.6) is 5.88 Å². The molecule has 3 aromatic heterocycles. The van der Waals surface area contributed by atoms with Crippen molar-refractivity contribution in [3.63, 3.8) is 0 Å². The molecule has 29 heavy (non-hydrogen) atoms. The fraction of sp³-hybridized carbons (Fsp3) is 0.381. The van der Waals surface area contributed by atoms with E-state index >= 15 is 0 Å². The van der Waals surface area contributed by atoms with Gasteiger partial charge in [0.2, 0.25) is 11.8 Å². The van der Waals surface area contributed by atoms with Crippen LogP contribution in [0.2, 0.25) is 0 Å². The number of hydrogen-bond acceptors (Lipinski definition) is 7. The third-order valence-electron chi connectivity index (χ3n) is 5.45. The standard InChI is InChI=1S/C21H21N7O/c1-13-8-24-20(26-16-10-25-28-19(16)14-2-3-14)27-18(13)15-4-5-17(23-9-15)29-12-21(11-22)6-7-21/h4-5,8-10,14H,2-3,6-7,12H2,1H3,(H,25,28)(H,24,26,27). The van der Waals surface area contributed by atoms with Gasteiger partial charge in [-0.2, -0.15) is 10.4 Å². The third-order valence-corrected chi connectivity index (χ3v) is 5.45. The van der Waals surface area contributed by atoms with Crippen molar-refractivity contribution in [2.45, 2.75) is 38.5 Å². The number of H-pyrrole nitrogens is 1. The van der Waals surface area contributed by atoms with Crippen molar-refractivity contribution in [3.8, 4) is 23.2 Å². The molecule has 0 spiro atoms. The van der Waals surface area contributed by atoms with Crippen LogP contribution in [0.3, 0.4) is 0 Å². The Morgan fingerprint density at radius 3 is 2.83 bits per heavy atom. The zero-order valence-electron chi connectivity index (χ0n) is 16.1. The molecule has 2 N–H and O–H groups in total. The first-order chi connectivity index (χ1) is 14.2. The number of nitrogens with one attached hydrogen (secondary N) is 2. The normalized spacial score (nSPS) is 16.8. The fourth-order valence-electron chi connectivity index (χ4n) is 3.24. The molecule has 0 aliphatic heterocycles. The highest BCUT2D eigenvalue weighted by Crippen LogP contribution is 2.45. The van der Waals surface area contributed by atoms with Gasteiger partial charge in [-0.15, -0.1) is 0 Å². The number of aromatic nitrogens is 5. The van der Waals surface area contributed by atoms with Crippen LogP contribution in [-0.2, 0) is 0 Å². The molecule has 3 aromatic rings. The Balaban J connectivity index is 1.33. The molecule has 0 saturated heterocycles. The number of pyridine rings is 1. The van der Waals surface area contributed by atoms with Gasteiger partial charge in [-0.05, 0) is 44.2 Å². The Morgan fingerprint density at radius 1 is 1.28 bits per heavy atom. The zero-order chi connectivity index (χ0) is 19.8. The number of aromatic amines is 1. The Kier molecular flexibility index (Phi) is 4.16. The number of nitrogens with zero attached hydrogens (tertiary/aromatic N) is 5. The van der Waals surface area contributed by atoms with Gasteiger partial charge in [-0.25, -0.2) is 15.0 Å². The van der Waals surface area contributed by atoms with Gasteiger partial charge in [0.05, 0.1) is 28.6 Å². The second kappa shape index (κ2) is 6.85. The number of anilines is 2. The summed E-state index contributed by atoms with van der Waals surface area (Å²) < 4.78 is 5.69. The van der Waals surface area contributed by atoms with E-state index in [1.165, 1.54) is 12.8 Å². The van der Waals surface area contributed by atoms with Crippen LogP contribution in [0.1, 0.15) is 42.9 Å². The topological polar surface area (TPSA) is 112 Å². The molecule has 2 fully saturated rings. The molecule has 5 rings (SSSR count). The molecule has 8 nitrogen and oxygen atoms in total. The van der Waals surface area contributed by atoms with E-state index in [2.05, 4.69) is 36.5 Å². The first-order valence-corrected chi connectivity index (χ1v) is 9.81. The van der Waals surface area contributed by atoms with Crippen LogP contribution >= 0.6 is 0 Å². The molecular formula is C21H21N7O. The van der Waals surface area contributed by atoms with Gasteiger partial charge < -0.3 is 10.1 Å². The van der Waals surface area contributed by atoms with Gasteiger partial charge in [0.25, 0.3) is 0 Å². The lowest BCUT2D eigenvalue weighted by atomic mass is 10.1. The van der Waals surface area contributed by atoms with E-state index in [0.29, 0.717) is 24.4 Å². The van der Waals surface area contributed by atoms with Gasteiger partial charge in [-0.1, -0.05) is 0 Å². The van der Waals surface area contributed by atoms with Crippen LogP contribution in [0, 0.1) is 23.7 Å². The minimum Gasteiger partial charge on any atom is -0.476 e. The molecule has 146 valence electrons. The summed E-state index contributed by atoms with van der Waals surface area (Å²) in [6, 6.07) is 6.07. The van der Waals surface area contributed by atoms with Crippen molar-refractivity contribution in [2.24, 2.45) is 5.41 Å². The van der Waals surface area contributed by atoms with E-state index in [0.717, 1.165) is 41.0 Å². The average Bonchev–Trinajstić information content (AvgIpc) is 3.68. The minimum absolute atomic E-state index is 0.309. The predicted octanol–water partition coefficient (Wildman–Crippen LogP) is 3.87. The van der Waals surface area contributed by atoms with E-state index in [1.807, 2.05) is 25.3 Å². The second-order valence-corrected chi connectivity index (χ2v) is 7.87. The van der Waals surface area contributed by atoms with Crippen molar-refractivity contribution in [2.75, 3.05) is 11.9 Å². The van der Waals surface area contributed by atoms with E-state index in [4.69, 9.17) is 10.00 Å². The Bertz CT molecular complexity index is 1080. The highest BCUT2D eigenvalue weighted by Gasteiger charge is 2.44. The monoisotopic (exact) mass is 387 g/mol. The molecular weight excluding hydrogens is 366 g/mol. The maximum atomic E-state index is 9.15. The molecule has 0 amide bonds. The van der Waals surface area contributed by atoms with Gasteiger partial charge in [-0.3, -0.25) is 5.10 Å². The van der Waals surface area contributed by atoms with Gasteiger partial charge in [0, 0.05) is 36.1 Å². The van der Waals surface area contributed by atoms with Gasteiger partial charge in [0.15, 0.2) is 0 Å². The smallest absolute Gasteiger partial charge is 0.227 e. The van der Waals surface area contributed by atoms with Crippen LogP contribution < -0.4 is 10.1 Å². The van der Waals surface area contributed by atoms with Gasteiger partial charge >= 0.3 is 0 Å². The fourth-order valence-corrected chi connectivity index (χ4v) is 3.24. The quantitative estimate of drug-likeness (QED) is 0.632. The van der Waals surface area contributed by atoms with Crippen molar-refractivity contribution in [1.82, 2.24) is 25.1 Å². The highest BCUT2D eigenvalue weighted by atomic mass is 16.5. The molecule has 3 heterocycles. The Hall–Kier alpha value is -3.47. The molecule has 0 bridgehead atoms. The predicted molar refractivity (Wildman–Crippen MR) is 107 cm³/mol. The molecule has 8 heteroatoms. The first-order valence-electron chi connectivity index (χ1n) is 9.81. The summed E-state index contributed by atoms with van der Waals surface area (Å²) in [6.07, 6.45) is 9.54. The van der Waals surface area contributed by atoms with Crippen molar-refractivity contribution in [1.29, 1.82) is 5.26 Å². The average molecular weight is 387 g/mol. The molecule has 0 unspecified atom stereocenters. The van der Waals surface area contributed by atoms with Crippen molar-refractivity contribution >= 4 is 11.6 Å². The molecule has 0 aromatic carbocycles. The number of ether oxygens (including phenoxy) is 1. The SMILES string of the molecule is Cc1cnc(Nc2c[nH]nc2C2CC2)nc1-c1ccc(OCC2(C#N)CC2)nc1. The molecule has 2 aliphatic rings. The van der Waals surface area contributed by atoms with Crippen LogP contribution in [-0.4, -0.2) is 31.8 Å². The Morgan fingerprint density at radius 2 is 2.14 bits per heavy atom. The highest BCUT2D eigenvalue weighted by molar-refractivity contribution is 5.65. The molecule has 2 aliphatic carbocycles. The summed E-state index contributed by atoms with van der Waals surface area (Å²) in [5, 5.41) is 19.7. The third kappa shape index (κ3) is 3.63. The van der Waals surface area contributed by atoms with Crippen molar-refractivity contribution in [3.05, 3.63) is 42.0 Å². The lowest BCUT2D eigenvalue weighted by Gasteiger charge is -2.11. The summed E-state index contributed by atoms with van der Waals surface area (Å²) >= 11 is 0. The zero-order valence-corrected chi connectivity index (χ0v) is 16.1. The van der Waals surface area contributed by atoms with E-state index in [-0.39, 0.29) is 5.41 Å². The van der Waals surface area contributed by atoms with Gasteiger partial charge in [0.1, 0.15) is 6.61 Å². The maximum absolute atomic E-state index is 9.15. The van der Waals surface area contributed by atoms with Crippen molar-refractivity contribution < 1.29 is 4.74 Å². The summed E-state index contributed by atoms with van der Waals surface area (Å²) in [5.41, 5.74) is 4.32. The van der Waals surface area contributed by atoms with Crippen LogP contribution in [0.4, 0.5) is 11.6 Å². The van der Waals surface area contributed by atoms with E-state index in [9.17, 15) is 0 Å². The number of hydrogen-bond donors (Lipinski definition) is 2. The van der Waals surface area contributed by atoms with Crippen LogP contribution in [0.15, 0.2) is 30.7 Å². The summed E-state index contributed by atoms with van der Waals surface area (Å²) in [6.45, 7) is 2.37. The lowest BCUT2D eigenvalue weighted by molar-refractivity contribution is 0.259. The molecule has 0 radical (unpaired) electrons. The molecule has 2 saturated carbocycles. The Labute approximate surface area is 168 Å². The number of nitriles is 1. The lowest BCUT2D eigenvalue weighted by Crippen LogP contribution is -2.11. The first kappa shape index (κ1) is 17.6. The maximum Gasteiger partial charge on any atom is 0.227 e. The summed E-state index contributed by atoms with van der Waals surface area (Å²) in [5.74, 6) is 1.58. The summed E-state index contributed by atoms with van der Waals surface area (Å²) in [4.78, 5) is 13.5. The second-order valence-electron chi connectivity index (χ2n) is 7.87. The summed E-state index contributed by atoms with van der Waals surface area (Å²) in [7, 11) is 0. The van der Waals surface area contributed by atoms with E-state index in [1.54, 1.807) is 12.4 Å². The minimum atomic E-state index is -0.309. The number of aryl methyl sites for hydroxylation is 1. The van der Waals surface area contributed by atoms with Crippen LogP contribution in [0.25, 0.3) is 11.3 Å². The van der Waals surface area contributed by atoms with E-state index < -0.39 is 0 Å². The molecule has 0 atom stereocenters.